The molecule has 2 atom stereocenters. The molecule has 3 N–H and O–H groups in total. The second-order valence-electron chi connectivity index (χ2n) is 6.35. The predicted octanol–water partition coefficient (Wildman–Crippen LogP) is 1.22. The summed E-state index contributed by atoms with van der Waals surface area (Å²) in [4.78, 5) is 16.5. The van der Waals surface area contributed by atoms with E-state index in [9.17, 15) is 9.90 Å². The van der Waals surface area contributed by atoms with Crippen molar-refractivity contribution in [2.75, 3.05) is 25.4 Å². The maximum atomic E-state index is 12.6. The molecule has 2 aliphatic heterocycles. The number of aliphatic hydroxyl groups excluding tert-OH is 1. The topological polar surface area (TPSA) is 69.8 Å². The van der Waals surface area contributed by atoms with Gasteiger partial charge in [0.2, 0.25) is 5.91 Å². The zero-order valence-electron chi connectivity index (χ0n) is 12.9. The molecule has 2 saturated heterocycles. The van der Waals surface area contributed by atoms with Crippen LogP contribution in [0.25, 0.3) is 0 Å². The molecule has 1 aromatic rings. The Labute approximate surface area is 131 Å². The molecule has 5 heteroatoms. The number of carbonyl (C=O) groups is 1. The maximum Gasteiger partial charge on any atom is 0.240 e. The summed E-state index contributed by atoms with van der Waals surface area (Å²) < 4.78 is 0. The Morgan fingerprint density at radius 2 is 1.86 bits per heavy atom. The molecule has 0 aliphatic carbocycles. The first-order valence-corrected chi connectivity index (χ1v) is 8.22. The summed E-state index contributed by atoms with van der Waals surface area (Å²) in [6.07, 6.45) is 3.96. The van der Waals surface area contributed by atoms with Gasteiger partial charge in [0.1, 0.15) is 6.23 Å². The highest BCUT2D eigenvalue weighted by atomic mass is 16.3. The molecular weight excluding hydrogens is 278 g/mol. The summed E-state index contributed by atoms with van der Waals surface area (Å²) in [5.41, 5.74) is 7.45. The summed E-state index contributed by atoms with van der Waals surface area (Å²) in [7, 11) is 0. The third kappa shape index (κ3) is 3.25. The van der Waals surface area contributed by atoms with Gasteiger partial charge < -0.3 is 15.7 Å². The fourth-order valence-corrected chi connectivity index (χ4v) is 3.54. The molecule has 22 heavy (non-hydrogen) atoms. The van der Waals surface area contributed by atoms with Crippen LogP contribution in [0.5, 0.6) is 0 Å². The van der Waals surface area contributed by atoms with Crippen molar-refractivity contribution in [3.05, 3.63) is 29.8 Å². The van der Waals surface area contributed by atoms with Crippen molar-refractivity contribution in [3.63, 3.8) is 0 Å². The second kappa shape index (κ2) is 6.67. The summed E-state index contributed by atoms with van der Waals surface area (Å²) in [5, 5.41) is 10.6. The summed E-state index contributed by atoms with van der Waals surface area (Å²) in [5.74, 6) is 0.200. The van der Waals surface area contributed by atoms with Gasteiger partial charge in [0.15, 0.2) is 0 Å². The van der Waals surface area contributed by atoms with Crippen molar-refractivity contribution >= 4 is 11.6 Å². The number of benzene rings is 1. The number of hydrogen-bond acceptors (Lipinski definition) is 4. The molecule has 1 unspecified atom stereocenters. The summed E-state index contributed by atoms with van der Waals surface area (Å²) >= 11 is 0. The standard InChI is InChI=1S/C17H25N3O2/c18-14-7-5-13(6-8-14)12-16(21)20-11-3-4-15(20)17(22)19-9-1-2-10-19/h5-8,15-16,21H,1-4,9-12,18H2/t15-,16?/m0/s1. The van der Waals surface area contributed by atoms with Gasteiger partial charge in [-0.05, 0) is 43.4 Å². The average molecular weight is 303 g/mol. The summed E-state index contributed by atoms with van der Waals surface area (Å²) in [6, 6.07) is 7.41. The number of hydrogen-bond donors (Lipinski definition) is 2. The van der Waals surface area contributed by atoms with Crippen molar-refractivity contribution in [1.82, 2.24) is 9.80 Å². The third-order valence-corrected chi connectivity index (χ3v) is 4.78. The van der Waals surface area contributed by atoms with E-state index in [4.69, 9.17) is 5.73 Å². The highest BCUT2D eigenvalue weighted by molar-refractivity contribution is 5.82. The van der Waals surface area contributed by atoms with Gasteiger partial charge in [0.25, 0.3) is 0 Å². The van der Waals surface area contributed by atoms with Crippen molar-refractivity contribution in [1.29, 1.82) is 0 Å². The lowest BCUT2D eigenvalue weighted by molar-refractivity contribution is -0.138. The van der Waals surface area contributed by atoms with Gasteiger partial charge in [-0.15, -0.1) is 0 Å². The summed E-state index contributed by atoms with van der Waals surface area (Å²) in [6.45, 7) is 2.54. The number of nitrogens with two attached hydrogens (primary N) is 1. The smallest absolute Gasteiger partial charge is 0.240 e. The Balaban J connectivity index is 1.64. The van der Waals surface area contributed by atoms with E-state index in [1.54, 1.807) is 0 Å². The number of nitrogen functional groups attached to an aromatic ring is 1. The van der Waals surface area contributed by atoms with E-state index in [0.717, 1.165) is 56.6 Å². The fourth-order valence-electron chi connectivity index (χ4n) is 3.54. The van der Waals surface area contributed by atoms with Crippen molar-refractivity contribution in [2.24, 2.45) is 0 Å². The first kappa shape index (κ1) is 15.3. The molecule has 1 aromatic carbocycles. The van der Waals surface area contributed by atoms with Gasteiger partial charge in [-0.2, -0.15) is 0 Å². The number of likely N-dealkylation sites (tertiary alicyclic amines) is 2. The molecule has 0 bridgehead atoms. The van der Waals surface area contributed by atoms with Gasteiger partial charge in [0, 0.05) is 31.7 Å². The maximum absolute atomic E-state index is 12.6. The van der Waals surface area contributed by atoms with Crippen molar-refractivity contribution < 1.29 is 9.90 Å². The van der Waals surface area contributed by atoms with Crippen LogP contribution in [0.3, 0.4) is 0 Å². The van der Waals surface area contributed by atoms with Crippen LogP contribution in [0, 0.1) is 0 Å². The quantitative estimate of drug-likeness (QED) is 0.821. The van der Waals surface area contributed by atoms with Gasteiger partial charge >= 0.3 is 0 Å². The second-order valence-corrected chi connectivity index (χ2v) is 6.35. The Morgan fingerprint density at radius 1 is 1.18 bits per heavy atom. The lowest BCUT2D eigenvalue weighted by Crippen LogP contribution is -2.49. The number of nitrogens with zero attached hydrogens (tertiary/aromatic N) is 2. The van der Waals surface area contributed by atoms with Crippen LogP contribution in [0.15, 0.2) is 24.3 Å². The number of amides is 1. The molecule has 2 aliphatic rings. The highest BCUT2D eigenvalue weighted by Crippen LogP contribution is 2.24. The van der Waals surface area contributed by atoms with Gasteiger partial charge in [0.05, 0.1) is 6.04 Å². The minimum Gasteiger partial charge on any atom is -0.399 e. The van der Waals surface area contributed by atoms with Crippen LogP contribution >= 0.6 is 0 Å². The predicted molar refractivity (Wildman–Crippen MR) is 86.1 cm³/mol. The van der Waals surface area contributed by atoms with Crippen LogP contribution in [0.2, 0.25) is 0 Å². The molecule has 120 valence electrons. The Kier molecular flexibility index (Phi) is 4.64. The molecule has 3 rings (SSSR count). The van der Waals surface area contributed by atoms with Gasteiger partial charge in [-0.1, -0.05) is 12.1 Å². The molecule has 0 aromatic heterocycles. The minimum absolute atomic E-state index is 0.151. The SMILES string of the molecule is Nc1ccc(CC(O)N2CCC[C@H]2C(=O)N2CCCC2)cc1. The molecule has 0 radical (unpaired) electrons. The Hall–Kier alpha value is -1.59. The van der Waals surface area contributed by atoms with E-state index in [2.05, 4.69) is 0 Å². The zero-order valence-corrected chi connectivity index (χ0v) is 12.9. The Morgan fingerprint density at radius 3 is 2.55 bits per heavy atom. The van der Waals surface area contributed by atoms with E-state index >= 15 is 0 Å². The largest absolute Gasteiger partial charge is 0.399 e. The van der Waals surface area contributed by atoms with Gasteiger partial charge in [-0.25, -0.2) is 0 Å². The highest BCUT2D eigenvalue weighted by Gasteiger charge is 2.37. The number of carbonyl (C=O) groups excluding carboxylic acids is 1. The van der Waals surface area contributed by atoms with Crippen LogP contribution in [-0.4, -0.2) is 52.7 Å². The first-order chi connectivity index (χ1) is 10.6. The number of aliphatic hydroxyl groups is 1. The van der Waals surface area contributed by atoms with E-state index in [1.807, 2.05) is 34.1 Å². The van der Waals surface area contributed by atoms with Crippen molar-refractivity contribution in [3.8, 4) is 0 Å². The fraction of sp³-hybridized carbons (Fsp3) is 0.588. The monoisotopic (exact) mass is 303 g/mol. The zero-order chi connectivity index (χ0) is 15.5. The minimum atomic E-state index is -0.609. The molecule has 1 amide bonds. The molecule has 2 heterocycles. The number of rotatable bonds is 4. The normalized spacial score (nSPS) is 23.9. The van der Waals surface area contributed by atoms with Gasteiger partial charge in [-0.3, -0.25) is 9.69 Å². The van der Waals surface area contributed by atoms with Crippen molar-refractivity contribution in [2.45, 2.75) is 44.4 Å². The van der Waals surface area contributed by atoms with Crippen LogP contribution < -0.4 is 5.73 Å². The van der Waals surface area contributed by atoms with Crippen LogP contribution in [-0.2, 0) is 11.2 Å². The molecule has 0 saturated carbocycles. The van der Waals surface area contributed by atoms with E-state index in [-0.39, 0.29) is 11.9 Å². The number of anilines is 1. The molecule has 2 fully saturated rings. The average Bonchev–Trinajstić information content (AvgIpc) is 3.20. The van der Waals surface area contributed by atoms with Crippen LogP contribution in [0.4, 0.5) is 5.69 Å². The lowest BCUT2D eigenvalue weighted by atomic mass is 10.1. The molecular formula is C17H25N3O2. The Bertz CT molecular complexity index is 511. The van der Waals surface area contributed by atoms with E-state index in [0.29, 0.717) is 6.42 Å². The first-order valence-electron chi connectivity index (χ1n) is 8.22. The third-order valence-electron chi connectivity index (χ3n) is 4.78. The van der Waals surface area contributed by atoms with E-state index < -0.39 is 6.23 Å². The molecule has 0 spiro atoms. The van der Waals surface area contributed by atoms with E-state index in [1.165, 1.54) is 0 Å². The lowest BCUT2D eigenvalue weighted by Gasteiger charge is -2.31. The van der Waals surface area contributed by atoms with Crippen LogP contribution in [0.1, 0.15) is 31.2 Å². The molecule has 5 nitrogen and oxygen atoms in total.